The quantitative estimate of drug-likeness (QED) is 0.676. The van der Waals surface area contributed by atoms with E-state index in [-0.39, 0.29) is 46.8 Å². The third kappa shape index (κ3) is 6.26. The number of hydrogen-bond donors (Lipinski definition) is 2. The minimum absolute atomic E-state index is 0.00196. The number of anilines is 1. The van der Waals surface area contributed by atoms with Crippen LogP contribution in [0.2, 0.25) is 5.02 Å². The van der Waals surface area contributed by atoms with Gasteiger partial charge in [-0.1, -0.05) is 11.6 Å². The number of carbonyl (C=O) groups is 2. The Morgan fingerprint density at radius 1 is 1.13 bits per heavy atom. The van der Waals surface area contributed by atoms with Crippen LogP contribution >= 0.6 is 11.6 Å². The first kappa shape index (κ1) is 22.7. The number of hydrogen-bond acceptors (Lipinski definition) is 5. The van der Waals surface area contributed by atoms with Crippen LogP contribution in [0.3, 0.4) is 0 Å². The third-order valence-electron chi connectivity index (χ3n) is 5.06. The molecular formula is C20H27ClF2N4O3. The zero-order valence-electron chi connectivity index (χ0n) is 17.3. The fourth-order valence-corrected chi connectivity index (χ4v) is 4.28. The first-order chi connectivity index (χ1) is 14.0. The maximum Gasteiger partial charge on any atom is 0.387 e. The fourth-order valence-electron chi connectivity index (χ4n) is 4.05. The maximum atomic E-state index is 12.4. The Kier molecular flexibility index (Phi) is 6.84. The molecule has 2 heterocycles. The van der Waals surface area contributed by atoms with Crippen LogP contribution in [-0.2, 0) is 9.59 Å². The Labute approximate surface area is 179 Å². The molecule has 0 aromatic heterocycles. The SMILES string of the molecule is CC(C)(C)NC(=O)CN1C[C@@H]2C[C@H]1CN2CC(=O)Nc1cc(Cl)cc(OC(F)F)c1. The van der Waals surface area contributed by atoms with Crippen LogP contribution in [0.4, 0.5) is 14.5 Å². The van der Waals surface area contributed by atoms with Crippen molar-refractivity contribution in [3.05, 3.63) is 23.2 Å². The maximum absolute atomic E-state index is 12.4. The van der Waals surface area contributed by atoms with E-state index in [1.54, 1.807) is 0 Å². The van der Waals surface area contributed by atoms with Crippen molar-refractivity contribution in [2.45, 2.75) is 51.4 Å². The normalized spacial score (nSPS) is 21.8. The first-order valence-electron chi connectivity index (χ1n) is 9.83. The lowest BCUT2D eigenvalue weighted by Crippen LogP contribution is -2.52. The number of benzene rings is 1. The van der Waals surface area contributed by atoms with E-state index in [0.717, 1.165) is 13.0 Å². The topological polar surface area (TPSA) is 73.9 Å². The third-order valence-corrected chi connectivity index (χ3v) is 5.27. The van der Waals surface area contributed by atoms with Gasteiger partial charge in [-0.05, 0) is 39.3 Å². The molecule has 2 saturated heterocycles. The Bertz CT molecular complexity index is 803. The minimum atomic E-state index is -2.97. The van der Waals surface area contributed by atoms with E-state index in [2.05, 4.69) is 25.2 Å². The number of piperazine rings is 1. The van der Waals surface area contributed by atoms with E-state index >= 15 is 0 Å². The van der Waals surface area contributed by atoms with Crippen molar-refractivity contribution < 1.29 is 23.1 Å². The number of amides is 2. The molecule has 10 heteroatoms. The van der Waals surface area contributed by atoms with Crippen molar-refractivity contribution in [3.8, 4) is 5.75 Å². The lowest BCUT2D eigenvalue weighted by Gasteiger charge is -2.34. The smallest absolute Gasteiger partial charge is 0.387 e. The molecule has 7 nitrogen and oxygen atoms in total. The molecule has 166 valence electrons. The van der Waals surface area contributed by atoms with Crippen LogP contribution in [0.15, 0.2) is 18.2 Å². The molecule has 3 rings (SSSR count). The molecule has 2 amide bonds. The Hall–Kier alpha value is -1.97. The summed E-state index contributed by atoms with van der Waals surface area (Å²) in [6, 6.07) is 4.49. The Morgan fingerprint density at radius 3 is 2.27 bits per heavy atom. The predicted molar refractivity (Wildman–Crippen MR) is 110 cm³/mol. The first-order valence-corrected chi connectivity index (χ1v) is 10.2. The van der Waals surface area contributed by atoms with E-state index in [0.29, 0.717) is 18.8 Å². The molecule has 2 fully saturated rings. The van der Waals surface area contributed by atoms with E-state index in [9.17, 15) is 18.4 Å². The van der Waals surface area contributed by atoms with Crippen LogP contribution < -0.4 is 15.4 Å². The number of carbonyl (C=O) groups excluding carboxylic acids is 2. The summed E-state index contributed by atoms with van der Waals surface area (Å²) >= 11 is 5.91. The van der Waals surface area contributed by atoms with Gasteiger partial charge in [0.15, 0.2) is 0 Å². The molecule has 2 N–H and O–H groups in total. The summed E-state index contributed by atoms with van der Waals surface area (Å²) in [7, 11) is 0. The number of nitrogens with one attached hydrogen (secondary N) is 2. The highest BCUT2D eigenvalue weighted by Crippen LogP contribution is 2.30. The van der Waals surface area contributed by atoms with Crippen LogP contribution in [0.25, 0.3) is 0 Å². The van der Waals surface area contributed by atoms with Gasteiger partial charge in [0.25, 0.3) is 0 Å². The van der Waals surface area contributed by atoms with Gasteiger partial charge in [-0.3, -0.25) is 19.4 Å². The number of nitrogens with zero attached hydrogens (tertiary/aromatic N) is 2. The highest BCUT2D eigenvalue weighted by atomic mass is 35.5. The van der Waals surface area contributed by atoms with Crippen molar-refractivity contribution in [2.24, 2.45) is 0 Å². The second kappa shape index (κ2) is 9.03. The summed E-state index contributed by atoms with van der Waals surface area (Å²) in [5, 5.41) is 5.84. The van der Waals surface area contributed by atoms with Gasteiger partial charge in [-0.15, -0.1) is 0 Å². The van der Waals surface area contributed by atoms with E-state index in [1.165, 1.54) is 18.2 Å². The lowest BCUT2D eigenvalue weighted by atomic mass is 10.1. The largest absolute Gasteiger partial charge is 0.435 e. The van der Waals surface area contributed by atoms with Crippen molar-refractivity contribution >= 4 is 29.1 Å². The van der Waals surface area contributed by atoms with Gasteiger partial charge in [0.05, 0.1) is 13.1 Å². The summed E-state index contributed by atoms with van der Waals surface area (Å²) in [5.74, 6) is -0.371. The number of alkyl halides is 2. The molecule has 2 aliphatic rings. The summed E-state index contributed by atoms with van der Waals surface area (Å²) in [4.78, 5) is 28.9. The molecule has 2 atom stereocenters. The van der Waals surface area contributed by atoms with Gasteiger partial charge in [0, 0.05) is 47.5 Å². The summed E-state index contributed by atoms with van der Waals surface area (Å²) in [6.45, 7) is 4.85. The highest BCUT2D eigenvalue weighted by Gasteiger charge is 2.44. The van der Waals surface area contributed by atoms with Crippen LogP contribution in [0.5, 0.6) is 5.75 Å². The number of likely N-dealkylation sites (tertiary alicyclic amines) is 2. The molecule has 0 saturated carbocycles. The predicted octanol–water partition coefficient (Wildman–Crippen LogP) is 2.55. The number of ether oxygens (including phenoxy) is 1. The monoisotopic (exact) mass is 444 g/mol. The van der Waals surface area contributed by atoms with E-state index < -0.39 is 6.61 Å². The van der Waals surface area contributed by atoms with Gasteiger partial charge in [0.1, 0.15) is 5.75 Å². The van der Waals surface area contributed by atoms with Gasteiger partial charge in [0.2, 0.25) is 11.8 Å². The standard InChI is InChI=1S/C20H27ClF2N4O3/c1-20(2,3)25-18(29)11-27-9-14-7-15(27)8-26(14)10-17(28)24-13-4-12(21)5-16(6-13)30-19(22)23/h4-6,14-15,19H,7-11H2,1-3H3,(H,24,28)(H,25,29)/t14-,15-/m0/s1. The average Bonchev–Trinajstić information content (AvgIpc) is 3.11. The number of rotatable bonds is 7. The molecule has 0 radical (unpaired) electrons. The molecule has 1 aromatic carbocycles. The summed E-state index contributed by atoms with van der Waals surface area (Å²) < 4.78 is 29.2. The minimum Gasteiger partial charge on any atom is -0.435 e. The Balaban J connectivity index is 1.49. The van der Waals surface area contributed by atoms with E-state index in [4.69, 9.17) is 11.6 Å². The van der Waals surface area contributed by atoms with Crippen LogP contribution in [0.1, 0.15) is 27.2 Å². The fraction of sp³-hybridized carbons (Fsp3) is 0.600. The average molecular weight is 445 g/mol. The molecule has 2 bridgehead atoms. The zero-order valence-corrected chi connectivity index (χ0v) is 18.0. The van der Waals surface area contributed by atoms with Gasteiger partial charge >= 0.3 is 6.61 Å². The highest BCUT2D eigenvalue weighted by molar-refractivity contribution is 6.31. The number of halogens is 3. The molecule has 0 unspecified atom stereocenters. The van der Waals surface area contributed by atoms with Gasteiger partial charge in [-0.2, -0.15) is 8.78 Å². The molecule has 1 aromatic rings. The summed E-state index contributed by atoms with van der Waals surface area (Å²) in [5.41, 5.74) is 0.0357. The van der Waals surface area contributed by atoms with Crippen molar-refractivity contribution in [1.82, 2.24) is 15.1 Å². The second-order valence-electron chi connectivity index (χ2n) is 8.80. The Morgan fingerprint density at radius 2 is 1.73 bits per heavy atom. The molecule has 0 aliphatic carbocycles. The zero-order chi connectivity index (χ0) is 22.1. The van der Waals surface area contributed by atoms with Gasteiger partial charge < -0.3 is 15.4 Å². The second-order valence-corrected chi connectivity index (χ2v) is 9.24. The molecular weight excluding hydrogens is 418 g/mol. The summed E-state index contributed by atoms with van der Waals surface area (Å²) in [6.07, 6.45) is 0.916. The van der Waals surface area contributed by atoms with Crippen LogP contribution in [-0.4, -0.2) is 72.0 Å². The van der Waals surface area contributed by atoms with Crippen LogP contribution in [0, 0.1) is 0 Å². The molecule has 2 aliphatic heterocycles. The molecule has 30 heavy (non-hydrogen) atoms. The van der Waals surface area contributed by atoms with E-state index in [1.807, 2.05) is 20.8 Å². The van der Waals surface area contributed by atoms with Crippen molar-refractivity contribution in [3.63, 3.8) is 0 Å². The lowest BCUT2D eigenvalue weighted by molar-refractivity contribution is -0.124. The van der Waals surface area contributed by atoms with Gasteiger partial charge in [-0.25, -0.2) is 0 Å². The number of fused-ring (bicyclic) bond motifs is 2. The van der Waals surface area contributed by atoms with Crippen molar-refractivity contribution in [1.29, 1.82) is 0 Å². The van der Waals surface area contributed by atoms with Crippen molar-refractivity contribution in [2.75, 3.05) is 31.5 Å². The molecule has 0 spiro atoms.